The maximum atomic E-state index is 12.2. The van der Waals surface area contributed by atoms with E-state index in [1.807, 2.05) is 31.2 Å². The molecule has 0 aromatic heterocycles. The monoisotopic (exact) mass is 219 g/mol. The van der Waals surface area contributed by atoms with Gasteiger partial charge in [0, 0.05) is 18.0 Å². The molecule has 0 heterocycles. The lowest BCUT2D eigenvalue weighted by Gasteiger charge is -2.16. The summed E-state index contributed by atoms with van der Waals surface area (Å²) in [6.45, 7) is 6.67. The number of rotatable bonds is 5. The van der Waals surface area contributed by atoms with Crippen LogP contribution in [0.25, 0.3) is 0 Å². The maximum absolute atomic E-state index is 12.2. The summed E-state index contributed by atoms with van der Waals surface area (Å²) >= 11 is 0. The number of benzene rings is 1. The van der Waals surface area contributed by atoms with Gasteiger partial charge in [-0.05, 0) is 25.3 Å². The molecule has 2 N–H and O–H groups in total. The summed E-state index contributed by atoms with van der Waals surface area (Å²) < 4.78 is 0. The molecule has 1 aromatic rings. The van der Waals surface area contributed by atoms with Crippen molar-refractivity contribution in [3.8, 4) is 0 Å². The molecule has 0 bridgehead atoms. The zero-order chi connectivity index (χ0) is 12.1. The predicted octanol–water partition coefficient (Wildman–Crippen LogP) is 2.80. The van der Waals surface area contributed by atoms with Gasteiger partial charge in [0.15, 0.2) is 5.78 Å². The van der Waals surface area contributed by atoms with Crippen LogP contribution in [-0.4, -0.2) is 12.3 Å². The Balaban J connectivity index is 2.82. The molecule has 0 aliphatic rings. The lowest BCUT2D eigenvalue weighted by molar-refractivity contribution is 0.0908. The Morgan fingerprint density at radius 1 is 1.38 bits per heavy atom. The Bertz CT molecular complexity index is 358. The fourth-order valence-electron chi connectivity index (χ4n) is 1.91. The highest BCUT2D eigenvalue weighted by Gasteiger charge is 2.19. The Morgan fingerprint density at radius 3 is 2.56 bits per heavy atom. The van der Waals surface area contributed by atoms with Gasteiger partial charge in [-0.25, -0.2) is 0 Å². The van der Waals surface area contributed by atoms with Crippen LogP contribution in [0.15, 0.2) is 24.3 Å². The van der Waals surface area contributed by atoms with E-state index in [4.69, 9.17) is 5.73 Å². The summed E-state index contributed by atoms with van der Waals surface area (Å²) in [5.41, 5.74) is 7.58. The fourth-order valence-corrected chi connectivity index (χ4v) is 1.91. The number of hydrogen-bond donors (Lipinski definition) is 1. The summed E-state index contributed by atoms with van der Waals surface area (Å²) in [6, 6.07) is 7.73. The third-order valence-electron chi connectivity index (χ3n) is 2.71. The first-order valence-corrected chi connectivity index (χ1v) is 5.85. The number of carbonyl (C=O) groups is 1. The number of nitrogens with two attached hydrogens (primary N) is 1. The molecule has 0 radical (unpaired) electrons. The van der Waals surface area contributed by atoms with E-state index in [1.54, 1.807) is 0 Å². The van der Waals surface area contributed by atoms with Crippen LogP contribution in [0.3, 0.4) is 0 Å². The quantitative estimate of drug-likeness (QED) is 0.774. The first kappa shape index (κ1) is 12.9. The van der Waals surface area contributed by atoms with Crippen LogP contribution in [0.1, 0.15) is 36.2 Å². The molecule has 0 aliphatic heterocycles. The number of Topliss-reactive ketones (excluding diaryl/α,β-unsaturated/α-hetero) is 1. The topological polar surface area (TPSA) is 43.1 Å². The largest absolute Gasteiger partial charge is 0.330 e. The zero-order valence-corrected chi connectivity index (χ0v) is 10.4. The van der Waals surface area contributed by atoms with Gasteiger partial charge >= 0.3 is 0 Å². The third kappa shape index (κ3) is 3.46. The minimum absolute atomic E-state index is 0.0400. The smallest absolute Gasteiger partial charge is 0.167 e. The normalized spacial score (nSPS) is 12.8. The second-order valence-electron chi connectivity index (χ2n) is 4.80. The van der Waals surface area contributed by atoms with Crippen molar-refractivity contribution < 1.29 is 4.79 Å². The summed E-state index contributed by atoms with van der Waals surface area (Å²) in [7, 11) is 0. The van der Waals surface area contributed by atoms with Gasteiger partial charge in [-0.3, -0.25) is 4.79 Å². The van der Waals surface area contributed by atoms with Crippen molar-refractivity contribution in [2.24, 2.45) is 17.6 Å². The lowest BCUT2D eigenvalue weighted by Crippen LogP contribution is -2.25. The van der Waals surface area contributed by atoms with Crippen molar-refractivity contribution in [2.75, 3.05) is 6.54 Å². The zero-order valence-electron chi connectivity index (χ0n) is 10.4. The second-order valence-corrected chi connectivity index (χ2v) is 4.80. The van der Waals surface area contributed by atoms with Gasteiger partial charge in [0.1, 0.15) is 0 Å². The molecule has 0 aliphatic carbocycles. The molecule has 2 heteroatoms. The van der Waals surface area contributed by atoms with Crippen molar-refractivity contribution in [3.05, 3.63) is 35.4 Å². The van der Waals surface area contributed by atoms with E-state index >= 15 is 0 Å². The van der Waals surface area contributed by atoms with Crippen LogP contribution < -0.4 is 5.73 Å². The molecule has 0 amide bonds. The Labute approximate surface area is 97.9 Å². The highest BCUT2D eigenvalue weighted by molar-refractivity contribution is 5.98. The van der Waals surface area contributed by atoms with Gasteiger partial charge in [0.05, 0.1) is 0 Å². The Hall–Kier alpha value is -1.15. The molecular weight excluding hydrogens is 198 g/mol. The SMILES string of the molecule is Cc1cccc(C(=O)C(CN)CC(C)C)c1. The summed E-state index contributed by atoms with van der Waals surface area (Å²) in [6.07, 6.45) is 0.864. The number of ketones is 1. The molecule has 0 saturated heterocycles. The van der Waals surface area contributed by atoms with Crippen LogP contribution in [0.4, 0.5) is 0 Å². The number of aryl methyl sites for hydroxylation is 1. The van der Waals surface area contributed by atoms with Crippen molar-refractivity contribution in [2.45, 2.75) is 27.2 Å². The summed E-state index contributed by atoms with van der Waals surface area (Å²) in [5.74, 6) is 0.643. The van der Waals surface area contributed by atoms with Gasteiger partial charge in [-0.15, -0.1) is 0 Å². The molecule has 16 heavy (non-hydrogen) atoms. The summed E-state index contributed by atoms with van der Waals surface area (Å²) in [4.78, 5) is 12.2. The standard InChI is InChI=1S/C14H21NO/c1-10(2)7-13(9-15)14(16)12-6-4-5-11(3)8-12/h4-6,8,10,13H,7,9,15H2,1-3H3. The first-order valence-electron chi connectivity index (χ1n) is 5.85. The van der Waals surface area contributed by atoms with E-state index < -0.39 is 0 Å². The van der Waals surface area contributed by atoms with Gasteiger partial charge < -0.3 is 5.73 Å². The first-order chi connectivity index (χ1) is 7.54. The molecule has 2 nitrogen and oxygen atoms in total. The van der Waals surface area contributed by atoms with E-state index in [0.29, 0.717) is 12.5 Å². The minimum Gasteiger partial charge on any atom is -0.330 e. The molecule has 0 fully saturated rings. The fraction of sp³-hybridized carbons (Fsp3) is 0.500. The van der Waals surface area contributed by atoms with Crippen molar-refractivity contribution >= 4 is 5.78 Å². The average Bonchev–Trinajstić information content (AvgIpc) is 2.24. The van der Waals surface area contributed by atoms with Gasteiger partial charge in [0.25, 0.3) is 0 Å². The molecule has 1 rings (SSSR count). The molecule has 0 saturated carbocycles. The second kappa shape index (κ2) is 5.80. The number of hydrogen-bond acceptors (Lipinski definition) is 2. The van der Waals surface area contributed by atoms with Crippen LogP contribution in [0.5, 0.6) is 0 Å². The van der Waals surface area contributed by atoms with Crippen LogP contribution in [0.2, 0.25) is 0 Å². The van der Waals surface area contributed by atoms with Crippen LogP contribution >= 0.6 is 0 Å². The molecule has 1 atom stereocenters. The van der Waals surface area contributed by atoms with E-state index in [-0.39, 0.29) is 11.7 Å². The third-order valence-corrected chi connectivity index (χ3v) is 2.71. The van der Waals surface area contributed by atoms with Crippen molar-refractivity contribution in [1.82, 2.24) is 0 Å². The Morgan fingerprint density at radius 2 is 2.06 bits per heavy atom. The molecule has 1 unspecified atom stereocenters. The van der Waals surface area contributed by atoms with Gasteiger partial charge in [-0.1, -0.05) is 37.6 Å². The highest BCUT2D eigenvalue weighted by Crippen LogP contribution is 2.17. The van der Waals surface area contributed by atoms with E-state index in [9.17, 15) is 4.79 Å². The molecular formula is C14H21NO. The predicted molar refractivity (Wildman–Crippen MR) is 67.5 cm³/mol. The highest BCUT2D eigenvalue weighted by atomic mass is 16.1. The van der Waals surface area contributed by atoms with Crippen molar-refractivity contribution in [3.63, 3.8) is 0 Å². The molecule has 88 valence electrons. The molecule has 1 aromatic carbocycles. The van der Waals surface area contributed by atoms with Crippen LogP contribution in [-0.2, 0) is 0 Å². The Kier molecular flexibility index (Phi) is 4.69. The van der Waals surface area contributed by atoms with Gasteiger partial charge in [0.2, 0.25) is 0 Å². The van der Waals surface area contributed by atoms with Crippen LogP contribution in [0, 0.1) is 18.8 Å². The van der Waals surface area contributed by atoms with E-state index in [1.165, 1.54) is 0 Å². The minimum atomic E-state index is -0.0400. The number of carbonyl (C=O) groups excluding carboxylic acids is 1. The maximum Gasteiger partial charge on any atom is 0.167 e. The van der Waals surface area contributed by atoms with E-state index in [0.717, 1.165) is 17.5 Å². The lowest BCUT2D eigenvalue weighted by atomic mass is 9.89. The molecule has 0 spiro atoms. The van der Waals surface area contributed by atoms with Gasteiger partial charge in [-0.2, -0.15) is 0 Å². The van der Waals surface area contributed by atoms with Crippen molar-refractivity contribution in [1.29, 1.82) is 0 Å². The summed E-state index contributed by atoms with van der Waals surface area (Å²) in [5, 5.41) is 0. The van der Waals surface area contributed by atoms with E-state index in [2.05, 4.69) is 13.8 Å². The average molecular weight is 219 g/mol.